The van der Waals surface area contributed by atoms with Gasteiger partial charge in [-0.1, -0.05) is 6.42 Å². The van der Waals surface area contributed by atoms with Crippen LogP contribution in [0.2, 0.25) is 0 Å². The van der Waals surface area contributed by atoms with E-state index in [1.54, 1.807) is 0 Å². The average molecular weight is 97.9 g/mol. The fraction of sp³-hybridized carbons (Fsp3) is 0. The fourth-order valence-corrected chi connectivity index (χ4v) is 0. The van der Waals surface area contributed by atoms with Crippen molar-refractivity contribution >= 4 is 0 Å². The summed E-state index contributed by atoms with van der Waals surface area (Å²) in [5, 5.41) is 7.10. The molecule has 0 rings (SSSR count). The second-order valence-electron chi connectivity index (χ2n) is 0.129. The van der Waals surface area contributed by atoms with Crippen LogP contribution in [0.1, 0.15) is 0 Å². The average Bonchev–Trinajstić information content (AvgIpc) is 0.918. The van der Waals surface area contributed by atoms with Crippen LogP contribution in [0.25, 0.3) is 0 Å². The Bertz CT molecular complexity index is 27.5. The smallest absolute Gasteiger partial charge is 0.103 e. The normalized spacial score (nSPS) is 1.75. The van der Waals surface area contributed by atoms with Gasteiger partial charge in [0.25, 0.3) is 0 Å². The maximum absolute atomic E-state index is 7.10. The van der Waals surface area contributed by atoms with E-state index in [1.807, 2.05) is 0 Å². The first kappa shape index (κ1) is 9.11. The Kier molecular flexibility index (Phi) is 29.9. The number of rotatable bonds is 0. The third-order valence-corrected chi connectivity index (χ3v) is 0. The zero-order valence-corrected chi connectivity index (χ0v) is 2.98. The van der Waals surface area contributed by atoms with E-state index in [9.17, 15) is 0 Å². The Morgan fingerprint density at radius 2 is 1.75 bits per heavy atom. The molecule has 0 atom stereocenters. The predicted molar refractivity (Wildman–Crippen MR) is 10.8 cm³/mol. The summed E-state index contributed by atoms with van der Waals surface area (Å²) in [6, 6.07) is 0. The summed E-state index contributed by atoms with van der Waals surface area (Å²) >= 11 is 0. The van der Waals surface area contributed by atoms with E-state index < -0.39 is 0 Å². The van der Waals surface area contributed by atoms with Gasteiger partial charge in [-0.25, -0.2) is 0 Å². The number of terminal acetylenes is 1. The summed E-state index contributed by atoms with van der Waals surface area (Å²) in [4.78, 5) is 0. The molecule has 0 radical (unpaired) electrons. The van der Waals surface area contributed by atoms with Crippen molar-refractivity contribution < 1.29 is 22.2 Å². The van der Waals surface area contributed by atoms with Crippen LogP contribution in [0.3, 0.4) is 0 Å². The molecule has 0 saturated carbocycles. The Hall–Kier alpha value is -0.121. The first-order valence-electron chi connectivity index (χ1n) is 0.512. The van der Waals surface area contributed by atoms with Gasteiger partial charge in [0, 0.05) is 17.1 Å². The molecule has 24 valence electrons. The van der Waals surface area contributed by atoms with E-state index in [2.05, 4.69) is 6.42 Å². The number of aliphatic hydroxyl groups is 1. The van der Waals surface area contributed by atoms with Gasteiger partial charge in [0.15, 0.2) is 0 Å². The van der Waals surface area contributed by atoms with Crippen LogP contribution >= 0.6 is 0 Å². The van der Waals surface area contributed by atoms with Crippen LogP contribution in [0.15, 0.2) is 0 Å². The largest absolute Gasteiger partial charge is 0.462 e. The summed E-state index contributed by atoms with van der Waals surface area (Å²) in [6.45, 7) is 0. The molecule has 4 heavy (non-hydrogen) atoms. The molecule has 0 unspecified atom stereocenters. The molecule has 0 amide bonds. The van der Waals surface area contributed by atoms with Gasteiger partial charge in [0.2, 0.25) is 0 Å². The van der Waals surface area contributed by atoms with Crippen molar-refractivity contribution in [3.63, 3.8) is 0 Å². The van der Waals surface area contributed by atoms with Gasteiger partial charge in [-0.15, -0.1) is 0 Å². The molecule has 0 saturated heterocycles. The third kappa shape index (κ3) is 100. The number of hydrogen-bond acceptors (Lipinski definition) is 1. The van der Waals surface area contributed by atoms with Gasteiger partial charge in [0.1, 0.15) is 6.11 Å². The summed E-state index contributed by atoms with van der Waals surface area (Å²) in [5.41, 5.74) is 0. The van der Waals surface area contributed by atoms with Crippen LogP contribution in [0, 0.1) is 12.5 Å². The maximum atomic E-state index is 7.10. The van der Waals surface area contributed by atoms with Crippen molar-refractivity contribution in [1.29, 1.82) is 0 Å². The van der Waals surface area contributed by atoms with E-state index in [-0.39, 0.29) is 17.1 Å². The minimum Gasteiger partial charge on any atom is -0.462 e. The summed E-state index contributed by atoms with van der Waals surface area (Å²) in [6.07, 6.45) is 5.40. The molecular weight excluding hydrogens is 95.9 g/mol. The molecule has 0 spiro atoms. The van der Waals surface area contributed by atoms with Crippen molar-refractivity contribution in [1.82, 2.24) is 0 Å². The third-order valence-electron chi connectivity index (χ3n) is 0. The van der Waals surface area contributed by atoms with Gasteiger partial charge in [-0.3, -0.25) is 0 Å². The molecule has 0 heterocycles. The predicted octanol–water partition coefficient (Wildman–Crippen LogP) is -0.0529. The molecule has 0 aliphatic carbocycles. The van der Waals surface area contributed by atoms with Crippen molar-refractivity contribution in [2.24, 2.45) is 0 Å². The summed E-state index contributed by atoms with van der Waals surface area (Å²) in [5.74, 6) is 0. The molecule has 2 heteroatoms. The molecule has 0 aliphatic rings. The van der Waals surface area contributed by atoms with E-state index in [0.717, 1.165) is 0 Å². The van der Waals surface area contributed by atoms with Gasteiger partial charge in [-0.05, 0) is 0 Å². The first-order chi connectivity index (χ1) is 1.41. The van der Waals surface area contributed by atoms with Crippen LogP contribution < -0.4 is 0 Å². The molecular formula is C2H2FeO. The topological polar surface area (TPSA) is 20.2 Å². The Labute approximate surface area is 35.5 Å². The Balaban J connectivity index is 0. The molecule has 1 N–H and O–H groups in total. The zero-order chi connectivity index (χ0) is 2.71. The summed E-state index contributed by atoms with van der Waals surface area (Å²) < 4.78 is 0. The second-order valence-corrected chi connectivity index (χ2v) is 0.129. The second kappa shape index (κ2) is 13.2. The van der Waals surface area contributed by atoms with Gasteiger partial charge < -0.3 is 5.11 Å². The standard InChI is InChI=1S/C2H2O.Fe/c1-2-3;/h1,3H;. The van der Waals surface area contributed by atoms with Crippen LogP contribution in [0.4, 0.5) is 0 Å². The van der Waals surface area contributed by atoms with Crippen LogP contribution in [-0.2, 0) is 17.1 Å². The van der Waals surface area contributed by atoms with Gasteiger partial charge in [-0.2, -0.15) is 0 Å². The molecule has 0 fully saturated rings. The molecule has 0 aromatic rings. The maximum Gasteiger partial charge on any atom is 0.103 e. The minimum atomic E-state index is 0. The van der Waals surface area contributed by atoms with E-state index >= 15 is 0 Å². The Morgan fingerprint density at radius 1 is 1.75 bits per heavy atom. The van der Waals surface area contributed by atoms with Crippen molar-refractivity contribution in [2.45, 2.75) is 0 Å². The molecule has 0 aliphatic heterocycles. The van der Waals surface area contributed by atoms with E-state index in [4.69, 9.17) is 5.11 Å². The number of aliphatic hydroxyl groups excluding tert-OH is 1. The fourth-order valence-electron chi connectivity index (χ4n) is 0. The van der Waals surface area contributed by atoms with Gasteiger partial charge in [0.05, 0.1) is 0 Å². The molecule has 1 nitrogen and oxygen atoms in total. The Morgan fingerprint density at radius 3 is 1.75 bits per heavy atom. The molecule has 0 aromatic heterocycles. The zero-order valence-electron chi connectivity index (χ0n) is 1.88. The monoisotopic (exact) mass is 97.9 g/mol. The van der Waals surface area contributed by atoms with Crippen molar-refractivity contribution in [3.8, 4) is 12.5 Å². The van der Waals surface area contributed by atoms with Crippen LogP contribution in [-0.4, -0.2) is 5.11 Å². The first-order valence-corrected chi connectivity index (χ1v) is 0.512. The number of hydrogen-bond donors (Lipinski definition) is 1. The SMILES string of the molecule is C#CO.[Fe]. The van der Waals surface area contributed by atoms with Crippen LogP contribution in [0.5, 0.6) is 0 Å². The van der Waals surface area contributed by atoms with Crippen molar-refractivity contribution in [2.75, 3.05) is 0 Å². The van der Waals surface area contributed by atoms with E-state index in [0.29, 0.717) is 0 Å². The molecule has 0 aromatic carbocycles. The minimum absolute atomic E-state index is 0. The van der Waals surface area contributed by atoms with Crippen molar-refractivity contribution in [3.05, 3.63) is 0 Å². The van der Waals surface area contributed by atoms with E-state index in [1.165, 1.54) is 6.11 Å². The summed E-state index contributed by atoms with van der Waals surface area (Å²) in [7, 11) is 0. The quantitative estimate of drug-likeness (QED) is 0.332. The van der Waals surface area contributed by atoms with Gasteiger partial charge >= 0.3 is 0 Å². The molecule has 0 bridgehead atoms.